The van der Waals surface area contributed by atoms with Gasteiger partial charge in [0.25, 0.3) is 0 Å². The molecule has 0 unspecified atom stereocenters. The molecule has 1 amide bonds. The molecule has 24 heavy (non-hydrogen) atoms. The van der Waals surface area contributed by atoms with Gasteiger partial charge in [0, 0.05) is 30.6 Å². The maximum atomic E-state index is 13.7. The fourth-order valence-corrected chi connectivity index (χ4v) is 4.34. The van der Waals surface area contributed by atoms with Gasteiger partial charge in [-0.1, -0.05) is 25.1 Å². The summed E-state index contributed by atoms with van der Waals surface area (Å²) in [5.74, 6) is -1.01. The van der Waals surface area contributed by atoms with Crippen LogP contribution < -0.4 is 5.32 Å². The van der Waals surface area contributed by atoms with Crippen molar-refractivity contribution in [1.82, 2.24) is 9.62 Å². The summed E-state index contributed by atoms with van der Waals surface area (Å²) in [5, 5.41) is 2.94. The van der Waals surface area contributed by atoms with E-state index >= 15 is 0 Å². The van der Waals surface area contributed by atoms with Crippen LogP contribution in [-0.4, -0.2) is 37.8 Å². The van der Waals surface area contributed by atoms with Crippen LogP contribution in [0.3, 0.4) is 0 Å². The SMILES string of the molecule is CC[C@H](C)NC(=O)C1CCN(S(=O)(=O)Cc2ccccc2F)CC1. The van der Waals surface area contributed by atoms with Gasteiger partial charge in [-0.2, -0.15) is 0 Å². The highest BCUT2D eigenvalue weighted by Crippen LogP contribution is 2.22. The molecule has 0 spiro atoms. The summed E-state index contributed by atoms with van der Waals surface area (Å²) in [5.41, 5.74) is 0.175. The minimum atomic E-state index is -3.57. The Morgan fingerprint density at radius 3 is 2.54 bits per heavy atom. The number of hydrogen-bond donors (Lipinski definition) is 1. The van der Waals surface area contributed by atoms with Crippen molar-refractivity contribution in [2.45, 2.75) is 44.9 Å². The molecule has 1 aliphatic heterocycles. The third-order valence-corrected chi connectivity index (χ3v) is 6.34. The monoisotopic (exact) mass is 356 g/mol. The van der Waals surface area contributed by atoms with Crippen LogP contribution in [0.4, 0.5) is 4.39 Å². The molecule has 1 saturated heterocycles. The molecule has 0 aliphatic carbocycles. The van der Waals surface area contributed by atoms with Crippen molar-refractivity contribution in [2.75, 3.05) is 13.1 Å². The topological polar surface area (TPSA) is 66.5 Å². The average Bonchev–Trinajstić information content (AvgIpc) is 2.56. The number of carbonyl (C=O) groups is 1. The van der Waals surface area contributed by atoms with Crippen molar-refractivity contribution >= 4 is 15.9 Å². The quantitative estimate of drug-likeness (QED) is 0.850. The van der Waals surface area contributed by atoms with Gasteiger partial charge in [0.2, 0.25) is 15.9 Å². The Labute approximate surface area is 143 Å². The first-order chi connectivity index (χ1) is 11.3. The lowest BCUT2D eigenvalue weighted by atomic mass is 9.97. The molecule has 1 atom stereocenters. The van der Waals surface area contributed by atoms with Gasteiger partial charge in [-0.3, -0.25) is 4.79 Å². The maximum Gasteiger partial charge on any atom is 0.223 e. The van der Waals surface area contributed by atoms with Gasteiger partial charge >= 0.3 is 0 Å². The van der Waals surface area contributed by atoms with Crippen LogP contribution in [0.1, 0.15) is 38.7 Å². The zero-order valence-corrected chi connectivity index (χ0v) is 15.0. The second-order valence-electron chi connectivity index (χ2n) is 6.34. The highest BCUT2D eigenvalue weighted by Gasteiger charge is 2.31. The van der Waals surface area contributed by atoms with Crippen molar-refractivity contribution in [3.05, 3.63) is 35.6 Å². The summed E-state index contributed by atoms with van der Waals surface area (Å²) < 4.78 is 40.0. The summed E-state index contributed by atoms with van der Waals surface area (Å²) in [6, 6.07) is 6.03. The number of nitrogens with zero attached hydrogens (tertiary/aromatic N) is 1. The Morgan fingerprint density at radius 2 is 1.96 bits per heavy atom. The summed E-state index contributed by atoms with van der Waals surface area (Å²) in [4.78, 5) is 12.1. The van der Waals surface area contributed by atoms with E-state index in [0.29, 0.717) is 25.9 Å². The van der Waals surface area contributed by atoms with Crippen molar-refractivity contribution in [3.8, 4) is 0 Å². The number of hydrogen-bond acceptors (Lipinski definition) is 3. The molecule has 0 bridgehead atoms. The van der Waals surface area contributed by atoms with Crippen LogP contribution in [-0.2, 0) is 20.6 Å². The van der Waals surface area contributed by atoms with Crippen molar-refractivity contribution < 1.29 is 17.6 Å². The number of halogens is 1. The van der Waals surface area contributed by atoms with Crippen LogP contribution in [0.15, 0.2) is 24.3 Å². The molecule has 2 rings (SSSR count). The largest absolute Gasteiger partial charge is 0.353 e. The molecule has 1 aliphatic rings. The minimum absolute atomic E-state index is 0.00417. The van der Waals surface area contributed by atoms with E-state index in [1.54, 1.807) is 6.07 Å². The number of carbonyl (C=O) groups excluding carboxylic acids is 1. The Bertz CT molecular complexity index is 670. The van der Waals surface area contributed by atoms with Gasteiger partial charge in [-0.15, -0.1) is 0 Å². The van der Waals surface area contributed by atoms with Gasteiger partial charge in [-0.05, 0) is 32.3 Å². The molecule has 0 aromatic heterocycles. The van der Waals surface area contributed by atoms with Crippen LogP contribution in [0, 0.1) is 11.7 Å². The molecular weight excluding hydrogens is 331 g/mol. The van der Waals surface area contributed by atoms with E-state index in [-0.39, 0.29) is 29.2 Å². The minimum Gasteiger partial charge on any atom is -0.353 e. The van der Waals surface area contributed by atoms with Crippen molar-refractivity contribution in [1.29, 1.82) is 0 Å². The molecule has 0 radical (unpaired) electrons. The first kappa shape index (κ1) is 18.9. The Kier molecular flexibility index (Phi) is 6.34. The molecule has 134 valence electrons. The molecule has 1 aromatic rings. The number of nitrogens with one attached hydrogen (secondary N) is 1. The van der Waals surface area contributed by atoms with E-state index < -0.39 is 15.8 Å². The van der Waals surface area contributed by atoms with Crippen LogP contribution in [0.2, 0.25) is 0 Å². The predicted molar refractivity (Wildman–Crippen MR) is 91.2 cm³/mol. The summed E-state index contributed by atoms with van der Waals surface area (Å²) in [6.45, 7) is 4.56. The smallest absolute Gasteiger partial charge is 0.223 e. The fourth-order valence-electron chi connectivity index (χ4n) is 2.76. The Balaban J connectivity index is 1.93. The fraction of sp³-hybridized carbons (Fsp3) is 0.588. The van der Waals surface area contributed by atoms with Crippen LogP contribution >= 0.6 is 0 Å². The van der Waals surface area contributed by atoms with E-state index in [9.17, 15) is 17.6 Å². The standard InChI is InChI=1S/C17H25FN2O3S/c1-3-13(2)19-17(21)14-8-10-20(11-9-14)24(22,23)12-15-6-4-5-7-16(15)18/h4-7,13-14H,3,8-12H2,1-2H3,(H,19,21)/t13-/m0/s1. The summed E-state index contributed by atoms with van der Waals surface area (Å²) >= 11 is 0. The highest BCUT2D eigenvalue weighted by molar-refractivity contribution is 7.88. The van der Waals surface area contributed by atoms with Crippen LogP contribution in [0.5, 0.6) is 0 Å². The molecule has 1 heterocycles. The second-order valence-corrected chi connectivity index (χ2v) is 8.31. The Hall–Kier alpha value is -1.47. The number of sulfonamides is 1. The third kappa shape index (κ3) is 4.77. The van der Waals surface area contributed by atoms with Gasteiger partial charge in [0.05, 0.1) is 5.75 Å². The second kappa shape index (κ2) is 8.07. The number of benzene rings is 1. The van der Waals surface area contributed by atoms with Crippen molar-refractivity contribution in [3.63, 3.8) is 0 Å². The predicted octanol–water partition coefficient (Wildman–Crippen LogP) is 2.28. The van der Waals surface area contributed by atoms with Crippen molar-refractivity contribution in [2.24, 2.45) is 5.92 Å². The molecular formula is C17H25FN2O3S. The third-order valence-electron chi connectivity index (χ3n) is 4.51. The van der Waals surface area contributed by atoms with Gasteiger partial charge in [0.1, 0.15) is 5.82 Å². The van der Waals surface area contributed by atoms with E-state index in [4.69, 9.17) is 0 Å². The number of piperidine rings is 1. The van der Waals surface area contributed by atoms with E-state index in [0.717, 1.165) is 6.42 Å². The maximum absolute atomic E-state index is 13.7. The Morgan fingerprint density at radius 1 is 1.33 bits per heavy atom. The number of amides is 1. The number of rotatable bonds is 6. The zero-order chi connectivity index (χ0) is 17.7. The lowest BCUT2D eigenvalue weighted by Gasteiger charge is -2.31. The molecule has 7 heteroatoms. The molecule has 5 nitrogen and oxygen atoms in total. The van der Waals surface area contributed by atoms with E-state index in [2.05, 4.69) is 5.32 Å². The highest BCUT2D eigenvalue weighted by atomic mass is 32.2. The average molecular weight is 356 g/mol. The van der Waals surface area contributed by atoms with Gasteiger partial charge < -0.3 is 5.32 Å². The van der Waals surface area contributed by atoms with E-state index in [1.807, 2.05) is 13.8 Å². The molecule has 0 saturated carbocycles. The lowest BCUT2D eigenvalue weighted by molar-refractivity contribution is -0.126. The first-order valence-corrected chi connectivity index (χ1v) is 9.96. The zero-order valence-electron chi connectivity index (χ0n) is 14.2. The summed E-state index contributed by atoms with van der Waals surface area (Å²) in [6.07, 6.45) is 1.86. The van der Waals surface area contributed by atoms with Crippen LogP contribution in [0.25, 0.3) is 0 Å². The summed E-state index contributed by atoms with van der Waals surface area (Å²) in [7, 11) is -3.57. The lowest BCUT2D eigenvalue weighted by Crippen LogP contribution is -2.45. The normalized spacial score (nSPS) is 18.3. The van der Waals surface area contributed by atoms with Gasteiger partial charge in [0.15, 0.2) is 0 Å². The molecule has 1 aromatic carbocycles. The molecule has 1 N–H and O–H groups in total. The first-order valence-electron chi connectivity index (χ1n) is 8.35. The molecule has 1 fully saturated rings. The van der Waals surface area contributed by atoms with E-state index in [1.165, 1.54) is 22.5 Å². The van der Waals surface area contributed by atoms with Gasteiger partial charge in [-0.25, -0.2) is 17.1 Å².